The van der Waals surface area contributed by atoms with E-state index in [4.69, 9.17) is 10.2 Å². The predicted molar refractivity (Wildman–Crippen MR) is 77.5 cm³/mol. The lowest BCUT2D eigenvalue weighted by Gasteiger charge is -2.09. The Kier molecular flexibility index (Phi) is 4.24. The Morgan fingerprint density at radius 3 is 2.85 bits per heavy atom. The normalized spacial score (nSPS) is 10.3. The minimum absolute atomic E-state index is 0.163. The van der Waals surface area contributed by atoms with Crippen molar-refractivity contribution >= 4 is 17.3 Å². The Hall–Kier alpha value is -2.50. The number of carbonyl (C=O) groups excluding carboxylic acids is 1. The summed E-state index contributed by atoms with van der Waals surface area (Å²) in [4.78, 5) is 15.6. The first-order valence-corrected chi connectivity index (χ1v) is 6.43. The van der Waals surface area contributed by atoms with E-state index in [1.807, 2.05) is 6.92 Å². The highest BCUT2D eigenvalue weighted by Crippen LogP contribution is 2.20. The fourth-order valence-electron chi connectivity index (χ4n) is 1.77. The van der Waals surface area contributed by atoms with Gasteiger partial charge in [0.15, 0.2) is 0 Å². The third-order valence-electron chi connectivity index (χ3n) is 2.92. The standard InChI is InChI=1S/C14H18N4O2/c1-3-10-7-18-13(20-10)8-17-12-5-4-9(6-11(12)15)14(19)16-2/h4-7,17H,3,8,15H2,1-2H3,(H,16,19). The van der Waals surface area contributed by atoms with Gasteiger partial charge >= 0.3 is 0 Å². The maximum atomic E-state index is 11.5. The van der Waals surface area contributed by atoms with Crippen LogP contribution in [-0.2, 0) is 13.0 Å². The van der Waals surface area contributed by atoms with E-state index >= 15 is 0 Å². The smallest absolute Gasteiger partial charge is 0.251 e. The molecule has 20 heavy (non-hydrogen) atoms. The van der Waals surface area contributed by atoms with Crippen LogP contribution in [0.3, 0.4) is 0 Å². The zero-order valence-corrected chi connectivity index (χ0v) is 11.6. The summed E-state index contributed by atoms with van der Waals surface area (Å²) in [6.45, 7) is 2.46. The molecule has 4 N–H and O–H groups in total. The van der Waals surface area contributed by atoms with Crippen molar-refractivity contribution in [3.05, 3.63) is 41.6 Å². The van der Waals surface area contributed by atoms with Gasteiger partial charge in [0.05, 0.1) is 24.1 Å². The van der Waals surface area contributed by atoms with Crippen molar-refractivity contribution < 1.29 is 9.21 Å². The van der Waals surface area contributed by atoms with Crippen LogP contribution in [0, 0.1) is 0 Å². The summed E-state index contributed by atoms with van der Waals surface area (Å²) in [7, 11) is 1.58. The molecule has 2 rings (SSSR count). The molecule has 0 aliphatic carbocycles. The van der Waals surface area contributed by atoms with Crippen molar-refractivity contribution in [3.8, 4) is 0 Å². The van der Waals surface area contributed by atoms with Gasteiger partial charge < -0.3 is 20.8 Å². The van der Waals surface area contributed by atoms with Gasteiger partial charge in [-0.15, -0.1) is 0 Å². The van der Waals surface area contributed by atoms with Crippen molar-refractivity contribution in [2.24, 2.45) is 0 Å². The second-order valence-corrected chi connectivity index (χ2v) is 4.31. The third kappa shape index (κ3) is 3.09. The largest absolute Gasteiger partial charge is 0.444 e. The molecule has 0 aliphatic rings. The molecule has 0 saturated heterocycles. The van der Waals surface area contributed by atoms with Crippen LogP contribution < -0.4 is 16.4 Å². The molecule has 0 aliphatic heterocycles. The summed E-state index contributed by atoms with van der Waals surface area (Å²) in [5.74, 6) is 1.30. The lowest BCUT2D eigenvalue weighted by molar-refractivity contribution is 0.0963. The summed E-state index contributed by atoms with van der Waals surface area (Å²) in [5, 5.41) is 5.69. The van der Waals surface area contributed by atoms with Gasteiger partial charge in [-0.1, -0.05) is 6.92 Å². The highest BCUT2D eigenvalue weighted by molar-refractivity contribution is 5.95. The molecule has 1 amide bonds. The predicted octanol–water partition coefficient (Wildman–Crippen LogP) is 1.79. The van der Waals surface area contributed by atoms with E-state index < -0.39 is 0 Å². The highest BCUT2D eigenvalue weighted by Gasteiger charge is 2.07. The van der Waals surface area contributed by atoms with E-state index in [-0.39, 0.29) is 5.91 Å². The quantitative estimate of drug-likeness (QED) is 0.723. The van der Waals surface area contributed by atoms with Crippen LogP contribution >= 0.6 is 0 Å². The summed E-state index contributed by atoms with van der Waals surface area (Å²) < 4.78 is 5.50. The van der Waals surface area contributed by atoms with Crippen molar-refractivity contribution in [1.82, 2.24) is 10.3 Å². The number of rotatable bonds is 5. The first-order chi connectivity index (χ1) is 9.63. The summed E-state index contributed by atoms with van der Waals surface area (Å²) in [6, 6.07) is 5.11. The molecule has 0 atom stereocenters. The molecule has 0 radical (unpaired) electrons. The number of hydrogen-bond acceptors (Lipinski definition) is 5. The fourth-order valence-corrected chi connectivity index (χ4v) is 1.77. The molecule has 1 heterocycles. The highest BCUT2D eigenvalue weighted by atomic mass is 16.4. The summed E-state index contributed by atoms with van der Waals surface area (Å²) >= 11 is 0. The fraction of sp³-hybridized carbons (Fsp3) is 0.286. The van der Waals surface area contributed by atoms with Crippen LogP contribution in [0.1, 0.15) is 28.9 Å². The molecule has 0 fully saturated rings. The average molecular weight is 274 g/mol. The van der Waals surface area contributed by atoms with Crippen molar-refractivity contribution in [2.75, 3.05) is 18.1 Å². The number of anilines is 2. The second-order valence-electron chi connectivity index (χ2n) is 4.31. The molecular weight excluding hydrogens is 256 g/mol. The number of carbonyl (C=O) groups is 1. The molecule has 6 heteroatoms. The molecule has 2 aromatic rings. The van der Waals surface area contributed by atoms with Crippen LogP contribution in [0.15, 0.2) is 28.8 Å². The molecule has 0 saturated carbocycles. The van der Waals surface area contributed by atoms with Crippen molar-refractivity contribution in [2.45, 2.75) is 19.9 Å². The molecule has 6 nitrogen and oxygen atoms in total. The van der Waals surface area contributed by atoms with Crippen molar-refractivity contribution in [3.63, 3.8) is 0 Å². The lowest BCUT2D eigenvalue weighted by atomic mass is 10.1. The molecule has 0 unspecified atom stereocenters. The van der Waals surface area contributed by atoms with Crippen LogP contribution in [0.2, 0.25) is 0 Å². The Morgan fingerprint density at radius 1 is 1.45 bits per heavy atom. The zero-order chi connectivity index (χ0) is 14.5. The Labute approximate surface area is 117 Å². The number of aryl methyl sites for hydroxylation is 1. The molecule has 0 spiro atoms. The number of nitrogens with two attached hydrogens (primary N) is 1. The number of amides is 1. The number of nitrogens with zero attached hydrogens (tertiary/aromatic N) is 1. The van der Waals surface area contributed by atoms with E-state index in [1.165, 1.54) is 0 Å². The zero-order valence-electron chi connectivity index (χ0n) is 11.6. The van der Waals surface area contributed by atoms with Gasteiger partial charge in [0, 0.05) is 19.0 Å². The number of nitrogens with one attached hydrogen (secondary N) is 2. The molecule has 1 aromatic carbocycles. The number of nitrogen functional groups attached to an aromatic ring is 1. The van der Waals surface area contributed by atoms with Gasteiger partial charge in [-0.05, 0) is 18.2 Å². The van der Waals surface area contributed by atoms with Crippen molar-refractivity contribution in [1.29, 1.82) is 0 Å². The number of oxazole rings is 1. The lowest BCUT2D eigenvalue weighted by Crippen LogP contribution is -2.18. The van der Waals surface area contributed by atoms with Gasteiger partial charge in [0.2, 0.25) is 5.89 Å². The van der Waals surface area contributed by atoms with Crippen LogP contribution in [0.25, 0.3) is 0 Å². The Bertz CT molecular complexity index is 607. The van der Waals surface area contributed by atoms with Crippen LogP contribution in [0.5, 0.6) is 0 Å². The number of aromatic nitrogens is 1. The number of benzene rings is 1. The average Bonchev–Trinajstić information content (AvgIpc) is 2.93. The third-order valence-corrected chi connectivity index (χ3v) is 2.92. The maximum absolute atomic E-state index is 11.5. The molecule has 0 bridgehead atoms. The van der Waals surface area contributed by atoms with E-state index in [0.717, 1.165) is 17.9 Å². The van der Waals surface area contributed by atoms with E-state index in [1.54, 1.807) is 31.4 Å². The molecular formula is C14H18N4O2. The minimum atomic E-state index is -0.163. The summed E-state index contributed by atoms with van der Waals surface area (Å²) in [6.07, 6.45) is 2.53. The topological polar surface area (TPSA) is 93.2 Å². The Balaban J connectivity index is 2.04. The monoisotopic (exact) mass is 274 g/mol. The van der Waals surface area contributed by atoms with E-state index in [9.17, 15) is 4.79 Å². The number of hydrogen-bond donors (Lipinski definition) is 3. The van der Waals surface area contributed by atoms with Gasteiger partial charge in [-0.25, -0.2) is 4.98 Å². The second kappa shape index (κ2) is 6.10. The minimum Gasteiger partial charge on any atom is -0.444 e. The Morgan fingerprint density at radius 2 is 2.25 bits per heavy atom. The molecule has 106 valence electrons. The summed E-state index contributed by atoms with van der Waals surface area (Å²) in [5.41, 5.74) is 7.70. The van der Waals surface area contributed by atoms with Gasteiger partial charge in [-0.2, -0.15) is 0 Å². The van der Waals surface area contributed by atoms with Gasteiger partial charge in [0.1, 0.15) is 5.76 Å². The van der Waals surface area contributed by atoms with Crippen LogP contribution in [0.4, 0.5) is 11.4 Å². The first-order valence-electron chi connectivity index (χ1n) is 6.43. The first kappa shape index (κ1) is 13.9. The van der Waals surface area contributed by atoms with E-state index in [2.05, 4.69) is 15.6 Å². The van der Waals surface area contributed by atoms with Gasteiger partial charge in [-0.3, -0.25) is 4.79 Å². The van der Waals surface area contributed by atoms with Gasteiger partial charge in [0.25, 0.3) is 5.91 Å². The van der Waals surface area contributed by atoms with E-state index in [0.29, 0.717) is 23.7 Å². The SMILES string of the molecule is CCc1cnc(CNc2ccc(C(=O)NC)cc2N)o1. The maximum Gasteiger partial charge on any atom is 0.251 e. The van der Waals surface area contributed by atoms with Crippen LogP contribution in [-0.4, -0.2) is 17.9 Å². The molecule has 1 aromatic heterocycles.